The fraction of sp³-hybridized carbons (Fsp3) is 0.556. The van der Waals surface area contributed by atoms with E-state index in [-0.39, 0.29) is 12.4 Å². The second kappa shape index (κ2) is 17.1. The number of nitrogens with zero attached hydrogens (tertiary/aromatic N) is 1. The summed E-state index contributed by atoms with van der Waals surface area (Å²) in [5, 5.41) is 0. The lowest BCUT2D eigenvalue weighted by Crippen LogP contribution is -3.00. The highest BCUT2D eigenvalue weighted by atomic mass is 35.5. The normalized spacial score (nSPS) is 12.7. The molecule has 0 amide bonds. The van der Waals surface area contributed by atoms with Crippen molar-refractivity contribution in [3.8, 4) is 5.75 Å². The van der Waals surface area contributed by atoms with Crippen LogP contribution in [0.2, 0.25) is 0 Å². The van der Waals surface area contributed by atoms with Gasteiger partial charge in [-0.1, -0.05) is 87.6 Å². The fourth-order valence-electron chi connectivity index (χ4n) is 3.87. The molecule has 0 aliphatic carbocycles. The quantitative estimate of drug-likeness (QED) is 0.273. The molecule has 0 heterocycles. The second-order valence-corrected chi connectivity index (χ2v) is 8.61. The highest BCUT2D eigenvalue weighted by molar-refractivity contribution is 5.20. The molecule has 2 aromatic rings. The molecule has 0 saturated carbocycles. The predicted octanol–water partition coefficient (Wildman–Crippen LogP) is 3.48. The molecule has 0 aliphatic heterocycles. The van der Waals surface area contributed by atoms with Crippen molar-refractivity contribution < 1.29 is 26.4 Å². The van der Waals surface area contributed by atoms with Gasteiger partial charge in [0.25, 0.3) is 0 Å². The predicted molar refractivity (Wildman–Crippen MR) is 127 cm³/mol. The van der Waals surface area contributed by atoms with Gasteiger partial charge in [-0.25, -0.2) is 0 Å². The van der Waals surface area contributed by atoms with Crippen molar-refractivity contribution in [3.63, 3.8) is 0 Å². The molecule has 31 heavy (non-hydrogen) atoms. The van der Waals surface area contributed by atoms with Crippen LogP contribution >= 0.6 is 0 Å². The maximum atomic E-state index is 5.92. The van der Waals surface area contributed by atoms with E-state index in [1.54, 1.807) is 0 Å². The molecule has 0 spiro atoms. The topological polar surface area (TPSA) is 18.5 Å². The maximum absolute atomic E-state index is 5.92. The average Bonchev–Trinajstić information content (AvgIpc) is 2.77. The van der Waals surface area contributed by atoms with Crippen molar-refractivity contribution in [2.24, 2.45) is 0 Å². The van der Waals surface area contributed by atoms with Gasteiger partial charge in [-0.05, 0) is 25.0 Å². The van der Waals surface area contributed by atoms with Crippen molar-refractivity contribution in [2.75, 3.05) is 40.0 Å². The summed E-state index contributed by atoms with van der Waals surface area (Å²) < 4.78 is 12.7. The zero-order valence-corrected chi connectivity index (χ0v) is 20.4. The van der Waals surface area contributed by atoms with Crippen LogP contribution in [-0.4, -0.2) is 44.4 Å². The van der Waals surface area contributed by atoms with Crippen molar-refractivity contribution >= 4 is 0 Å². The third-order valence-corrected chi connectivity index (χ3v) is 5.72. The maximum Gasteiger partial charge on any atom is 0.119 e. The molecule has 2 aromatic carbocycles. The minimum atomic E-state index is 0. The monoisotopic (exact) mass is 447 g/mol. The summed E-state index contributed by atoms with van der Waals surface area (Å²) in [6.45, 7) is 7.62. The first kappa shape index (κ1) is 27.5. The lowest BCUT2D eigenvalue weighted by Gasteiger charge is -2.35. The molecule has 0 N–H and O–H groups in total. The molecule has 0 fully saturated rings. The van der Waals surface area contributed by atoms with Crippen LogP contribution in [0, 0.1) is 0 Å². The molecule has 4 heteroatoms. The minimum absolute atomic E-state index is 0. The molecule has 0 bridgehead atoms. The Hall–Kier alpha value is -1.55. The van der Waals surface area contributed by atoms with E-state index in [0.29, 0.717) is 13.2 Å². The number of ether oxygens (including phenoxy) is 2. The van der Waals surface area contributed by atoms with E-state index in [4.69, 9.17) is 9.47 Å². The number of rotatable bonds is 17. The van der Waals surface area contributed by atoms with Crippen LogP contribution in [0.25, 0.3) is 0 Å². The van der Waals surface area contributed by atoms with E-state index in [1.807, 2.05) is 30.3 Å². The van der Waals surface area contributed by atoms with Gasteiger partial charge in [-0.2, -0.15) is 0 Å². The average molecular weight is 448 g/mol. The zero-order valence-electron chi connectivity index (χ0n) is 19.6. The molecule has 1 atom stereocenters. The van der Waals surface area contributed by atoms with Gasteiger partial charge in [0.15, 0.2) is 0 Å². The summed E-state index contributed by atoms with van der Waals surface area (Å²) in [4.78, 5) is 0. The number of likely N-dealkylation sites (N-methyl/N-ethyl adjacent to an activating group) is 1. The number of unbranched alkanes of at least 4 members (excludes halogenated alkanes) is 6. The molecule has 0 aliphatic rings. The number of hydrogen-bond donors (Lipinski definition) is 0. The Balaban J connectivity index is 0.00000480. The highest BCUT2D eigenvalue weighted by Crippen LogP contribution is 2.15. The molecule has 2 rings (SSSR count). The van der Waals surface area contributed by atoms with Crippen LogP contribution in [0.15, 0.2) is 60.7 Å². The van der Waals surface area contributed by atoms with Crippen LogP contribution in [0.1, 0.15) is 57.4 Å². The first-order chi connectivity index (χ1) is 14.7. The van der Waals surface area contributed by atoms with E-state index >= 15 is 0 Å². The first-order valence-corrected chi connectivity index (χ1v) is 11.8. The second-order valence-electron chi connectivity index (χ2n) is 8.61. The van der Waals surface area contributed by atoms with Crippen molar-refractivity contribution in [3.05, 3.63) is 66.2 Å². The number of quaternary nitrogens is 1. The first-order valence-electron chi connectivity index (χ1n) is 11.8. The fourth-order valence-corrected chi connectivity index (χ4v) is 3.87. The van der Waals surface area contributed by atoms with Gasteiger partial charge in [0, 0.05) is 5.56 Å². The van der Waals surface area contributed by atoms with Gasteiger partial charge in [0.2, 0.25) is 0 Å². The van der Waals surface area contributed by atoms with E-state index in [0.717, 1.165) is 29.9 Å². The molecule has 0 radical (unpaired) electrons. The van der Waals surface area contributed by atoms with Crippen molar-refractivity contribution in [1.82, 2.24) is 0 Å². The molecule has 3 nitrogen and oxygen atoms in total. The lowest BCUT2D eigenvalue weighted by molar-refractivity contribution is -0.923. The Morgan fingerprint density at radius 3 is 1.97 bits per heavy atom. The Kier molecular flexibility index (Phi) is 15.1. The minimum Gasteiger partial charge on any atom is -1.00 e. The van der Waals surface area contributed by atoms with Crippen LogP contribution in [-0.2, 0) is 11.3 Å². The van der Waals surface area contributed by atoms with Gasteiger partial charge in [0.05, 0.1) is 26.8 Å². The van der Waals surface area contributed by atoms with Gasteiger partial charge in [0.1, 0.15) is 25.4 Å². The van der Waals surface area contributed by atoms with Gasteiger partial charge >= 0.3 is 0 Å². The molecule has 174 valence electrons. The zero-order chi connectivity index (χ0) is 21.3. The number of para-hydroxylation sites is 1. The largest absolute Gasteiger partial charge is 1.00 e. The SMILES string of the molecule is CCCCCCCCC[N+](C)(CCOCCOc1ccccc1)Cc1ccccc1.[Cl-]. The van der Waals surface area contributed by atoms with Crippen molar-refractivity contribution in [1.29, 1.82) is 0 Å². The molecular weight excluding hydrogens is 406 g/mol. The lowest BCUT2D eigenvalue weighted by atomic mass is 10.1. The molecule has 0 saturated heterocycles. The third-order valence-electron chi connectivity index (χ3n) is 5.72. The summed E-state index contributed by atoms with van der Waals surface area (Å²) in [5.41, 5.74) is 1.41. The summed E-state index contributed by atoms with van der Waals surface area (Å²) in [6, 6.07) is 20.8. The number of halogens is 1. The summed E-state index contributed by atoms with van der Waals surface area (Å²) in [6.07, 6.45) is 9.51. The molecular formula is C27H42ClNO2. The Labute approximate surface area is 196 Å². The Bertz CT molecular complexity index is 653. The van der Waals surface area contributed by atoms with Crippen LogP contribution in [0.5, 0.6) is 5.75 Å². The number of hydrogen-bond acceptors (Lipinski definition) is 2. The van der Waals surface area contributed by atoms with Crippen LogP contribution in [0.4, 0.5) is 0 Å². The highest BCUT2D eigenvalue weighted by Gasteiger charge is 2.21. The molecule has 0 aromatic heterocycles. The van der Waals surface area contributed by atoms with E-state index in [1.165, 1.54) is 57.1 Å². The Morgan fingerprint density at radius 2 is 1.29 bits per heavy atom. The van der Waals surface area contributed by atoms with Gasteiger partial charge in [-0.3, -0.25) is 0 Å². The summed E-state index contributed by atoms with van der Waals surface area (Å²) in [7, 11) is 2.38. The van der Waals surface area contributed by atoms with Crippen molar-refractivity contribution in [2.45, 2.75) is 58.4 Å². The van der Waals surface area contributed by atoms with Crippen LogP contribution < -0.4 is 17.1 Å². The van der Waals surface area contributed by atoms with Gasteiger partial charge < -0.3 is 26.4 Å². The third kappa shape index (κ3) is 12.8. The summed E-state index contributed by atoms with van der Waals surface area (Å²) >= 11 is 0. The van der Waals surface area contributed by atoms with Gasteiger partial charge in [-0.15, -0.1) is 0 Å². The van der Waals surface area contributed by atoms with E-state index in [9.17, 15) is 0 Å². The molecule has 1 unspecified atom stereocenters. The van der Waals surface area contributed by atoms with Crippen LogP contribution in [0.3, 0.4) is 0 Å². The smallest absolute Gasteiger partial charge is 0.119 e. The standard InChI is InChI=1S/C27H42NO2.ClH/c1-3-4-5-6-7-8-15-20-28(2,25-26-16-11-9-12-17-26)21-22-29-23-24-30-27-18-13-10-14-19-27;/h9-14,16-19H,3-8,15,20-25H2,1-2H3;1H/q+1;/p-1. The summed E-state index contributed by atoms with van der Waals surface area (Å²) in [5.74, 6) is 0.907. The Morgan fingerprint density at radius 1 is 0.677 bits per heavy atom. The van der Waals surface area contributed by atoms with E-state index in [2.05, 4.69) is 44.3 Å². The number of benzene rings is 2. The van der Waals surface area contributed by atoms with E-state index < -0.39 is 0 Å².